The van der Waals surface area contributed by atoms with Gasteiger partial charge in [-0.25, -0.2) is 0 Å². The van der Waals surface area contributed by atoms with Crippen LogP contribution in [0.2, 0.25) is 0 Å². The molecule has 2 amide bonds. The highest BCUT2D eigenvalue weighted by Gasteiger charge is 2.17. The van der Waals surface area contributed by atoms with Crippen molar-refractivity contribution in [1.29, 1.82) is 0 Å². The summed E-state index contributed by atoms with van der Waals surface area (Å²) in [6.07, 6.45) is -0.383. The van der Waals surface area contributed by atoms with Crippen LogP contribution in [0, 0.1) is 0 Å². The third kappa shape index (κ3) is 4.27. The molecule has 0 fully saturated rings. The van der Waals surface area contributed by atoms with Crippen LogP contribution in [0.4, 0.5) is 5.69 Å². The van der Waals surface area contributed by atoms with Crippen molar-refractivity contribution in [3.05, 3.63) is 54.1 Å². The van der Waals surface area contributed by atoms with Crippen LogP contribution in [0.3, 0.4) is 0 Å². The highest BCUT2D eigenvalue weighted by atomic mass is 16.7. The number of carbonyl (C=O) groups is 2. The van der Waals surface area contributed by atoms with E-state index in [1.54, 1.807) is 30.3 Å². The van der Waals surface area contributed by atoms with Gasteiger partial charge in [0, 0.05) is 18.3 Å². The van der Waals surface area contributed by atoms with Crippen molar-refractivity contribution >= 4 is 17.5 Å². The SMILES string of the molecule is O=C(NCC[C@H](O)c1ccccc1)C(=O)Nc1ccc2c(c1)OCO2. The molecular weight excluding hydrogens is 324 g/mol. The molecule has 0 bridgehead atoms. The molecule has 1 atom stereocenters. The normalized spacial score (nSPS) is 13.2. The number of aliphatic hydroxyl groups is 1. The maximum atomic E-state index is 11.9. The lowest BCUT2D eigenvalue weighted by atomic mass is 10.1. The number of fused-ring (bicyclic) bond motifs is 1. The van der Waals surface area contributed by atoms with Crippen molar-refractivity contribution in [2.24, 2.45) is 0 Å². The van der Waals surface area contributed by atoms with Crippen molar-refractivity contribution in [2.45, 2.75) is 12.5 Å². The number of benzene rings is 2. The highest BCUT2D eigenvalue weighted by Crippen LogP contribution is 2.34. The standard InChI is InChI=1S/C18H18N2O5/c21-14(12-4-2-1-3-5-12)8-9-19-17(22)18(23)20-13-6-7-15-16(10-13)25-11-24-15/h1-7,10,14,21H,8-9,11H2,(H,19,22)(H,20,23)/t14-/m0/s1. The molecule has 0 saturated heterocycles. The Balaban J connectivity index is 1.46. The van der Waals surface area contributed by atoms with Gasteiger partial charge in [-0.05, 0) is 24.1 Å². The molecule has 130 valence electrons. The van der Waals surface area contributed by atoms with E-state index < -0.39 is 17.9 Å². The molecule has 0 unspecified atom stereocenters. The number of nitrogens with one attached hydrogen (secondary N) is 2. The number of amides is 2. The summed E-state index contributed by atoms with van der Waals surface area (Å²) in [7, 11) is 0. The van der Waals surface area contributed by atoms with Gasteiger partial charge in [-0.15, -0.1) is 0 Å². The minimum absolute atomic E-state index is 0.136. The summed E-state index contributed by atoms with van der Waals surface area (Å²) >= 11 is 0. The molecule has 7 nitrogen and oxygen atoms in total. The number of aliphatic hydroxyl groups excluding tert-OH is 1. The summed E-state index contributed by atoms with van der Waals surface area (Å²) in [5.41, 5.74) is 1.20. The summed E-state index contributed by atoms with van der Waals surface area (Å²) < 4.78 is 10.4. The molecule has 1 aliphatic rings. The zero-order chi connectivity index (χ0) is 17.6. The van der Waals surface area contributed by atoms with Gasteiger partial charge in [0.25, 0.3) is 0 Å². The van der Waals surface area contributed by atoms with Crippen LogP contribution >= 0.6 is 0 Å². The Morgan fingerprint density at radius 3 is 2.60 bits per heavy atom. The van der Waals surface area contributed by atoms with Gasteiger partial charge in [0.2, 0.25) is 6.79 Å². The Hall–Kier alpha value is -3.06. The Kier molecular flexibility index (Phi) is 5.15. The van der Waals surface area contributed by atoms with E-state index in [1.165, 1.54) is 0 Å². The van der Waals surface area contributed by atoms with Gasteiger partial charge in [-0.1, -0.05) is 30.3 Å². The number of rotatable bonds is 5. The van der Waals surface area contributed by atoms with Crippen LogP contribution in [-0.2, 0) is 9.59 Å². The Bertz CT molecular complexity index is 763. The molecule has 3 N–H and O–H groups in total. The van der Waals surface area contributed by atoms with Crippen molar-refractivity contribution in [3.63, 3.8) is 0 Å². The second kappa shape index (κ2) is 7.67. The summed E-state index contributed by atoms with van der Waals surface area (Å²) in [5, 5.41) is 15.0. The molecule has 0 saturated carbocycles. The minimum atomic E-state index is -0.784. The van der Waals surface area contributed by atoms with Crippen LogP contribution in [-0.4, -0.2) is 30.3 Å². The van der Waals surface area contributed by atoms with Crippen LogP contribution in [0.15, 0.2) is 48.5 Å². The van der Waals surface area contributed by atoms with Gasteiger partial charge >= 0.3 is 11.8 Å². The first-order valence-electron chi connectivity index (χ1n) is 7.85. The zero-order valence-corrected chi connectivity index (χ0v) is 13.4. The van der Waals surface area contributed by atoms with Gasteiger partial charge < -0.3 is 25.2 Å². The zero-order valence-electron chi connectivity index (χ0n) is 13.4. The second-order valence-corrected chi connectivity index (χ2v) is 5.49. The van der Waals surface area contributed by atoms with Gasteiger partial charge in [0.05, 0.1) is 6.10 Å². The first kappa shape index (κ1) is 16.8. The average Bonchev–Trinajstić information content (AvgIpc) is 3.10. The maximum Gasteiger partial charge on any atom is 0.313 e. The van der Waals surface area contributed by atoms with Crippen LogP contribution in [0.1, 0.15) is 18.1 Å². The number of anilines is 1. The molecule has 7 heteroatoms. The topological polar surface area (TPSA) is 96.9 Å². The molecule has 2 aromatic rings. The van der Waals surface area contributed by atoms with E-state index in [0.29, 0.717) is 23.6 Å². The Labute approximate surface area is 144 Å². The van der Waals surface area contributed by atoms with Crippen LogP contribution < -0.4 is 20.1 Å². The van der Waals surface area contributed by atoms with E-state index >= 15 is 0 Å². The largest absolute Gasteiger partial charge is 0.454 e. The fraction of sp³-hybridized carbons (Fsp3) is 0.222. The average molecular weight is 342 g/mol. The lowest BCUT2D eigenvalue weighted by Crippen LogP contribution is -2.36. The molecule has 1 aliphatic heterocycles. The van der Waals surface area contributed by atoms with Gasteiger partial charge in [-0.2, -0.15) is 0 Å². The quantitative estimate of drug-likeness (QED) is 0.717. The molecule has 2 aromatic carbocycles. The number of carbonyl (C=O) groups excluding carboxylic acids is 2. The fourth-order valence-corrected chi connectivity index (χ4v) is 2.41. The summed E-state index contributed by atoms with van der Waals surface area (Å²) in [4.78, 5) is 23.7. The molecule has 0 aliphatic carbocycles. The summed E-state index contributed by atoms with van der Waals surface area (Å²) in [6, 6.07) is 14.0. The highest BCUT2D eigenvalue weighted by molar-refractivity contribution is 6.39. The van der Waals surface area contributed by atoms with Gasteiger partial charge in [-0.3, -0.25) is 9.59 Å². The number of ether oxygens (including phenoxy) is 2. The van der Waals surface area contributed by atoms with E-state index in [-0.39, 0.29) is 13.3 Å². The minimum Gasteiger partial charge on any atom is -0.454 e. The van der Waals surface area contributed by atoms with E-state index in [4.69, 9.17) is 9.47 Å². The molecule has 0 aromatic heterocycles. The van der Waals surface area contributed by atoms with Gasteiger partial charge in [0.1, 0.15) is 0 Å². The molecule has 25 heavy (non-hydrogen) atoms. The monoisotopic (exact) mass is 342 g/mol. The lowest BCUT2D eigenvalue weighted by Gasteiger charge is -2.11. The molecule has 0 radical (unpaired) electrons. The fourth-order valence-electron chi connectivity index (χ4n) is 2.41. The first-order chi connectivity index (χ1) is 12.1. The van der Waals surface area contributed by atoms with E-state index in [9.17, 15) is 14.7 Å². The second-order valence-electron chi connectivity index (χ2n) is 5.49. The maximum absolute atomic E-state index is 11.9. The van der Waals surface area contributed by atoms with Crippen molar-refractivity contribution in [1.82, 2.24) is 5.32 Å². The third-order valence-electron chi connectivity index (χ3n) is 3.72. The van der Waals surface area contributed by atoms with Crippen LogP contribution in [0.5, 0.6) is 11.5 Å². The van der Waals surface area contributed by atoms with Crippen molar-refractivity contribution < 1.29 is 24.2 Å². The summed E-state index contributed by atoms with van der Waals surface area (Å²) in [5.74, 6) is -0.437. The predicted molar refractivity (Wildman–Crippen MR) is 90.2 cm³/mol. The number of hydrogen-bond acceptors (Lipinski definition) is 5. The lowest BCUT2D eigenvalue weighted by molar-refractivity contribution is -0.136. The summed E-state index contributed by atoms with van der Waals surface area (Å²) in [6.45, 7) is 0.320. The van der Waals surface area contributed by atoms with Crippen molar-refractivity contribution in [3.8, 4) is 11.5 Å². The van der Waals surface area contributed by atoms with E-state index in [0.717, 1.165) is 5.56 Å². The molecule has 0 spiro atoms. The van der Waals surface area contributed by atoms with E-state index in [2.05, 4.69) is 10.6 Å². The smallest absolute Gasteiger partial charge is 0.313 e. The first-order valence-corrected chi connectivity index (χ1v) is 7.85. The Morgan fingerprint density at radius 1 is 1.04 bits per heavy atom. The van der Waals surface area contributed by atoms with E-state index in [1.807, 2.05) is 18.2 Å². The van der Waals surface area contributed by atoms with Gasteiger partial charge in [0.15, 0.2) is 11.5 Å². The molecule has 3 rings (SSSR count). The third-order valence-corrected chi connectivity index (χ3v) is 3.72. The molecular formula is C18H18N2O5. The Morgan fingerprint density at radius 2 is 1.80 bits per heavy atom. The predicted octanol–water partition coefficient (Wildman–Crippen LogP) is 1.59. The van der Waals surface area contributed by atoms with Crippen LogP contribution in [0.25, 0.3) is 0 Å². The van der Waals surface area contributed by atoms with Crippen molar-refractivity contribution in [2.75, 3.05) is 18.7 Å². The molecule has 1 heterocycles. The number of hydrogen-bond donors (Lipinski definition) is 3.